The van der Waals surface area contributed by atoms with Gasteiger partial charge in [-0.2, -0.15) is 9.78 Å². The first-order chi connectivity index (χ1) is 10.2. The minimum absolute atomic E-state index is 0.538. The molecule has 0 saturated carbocycles. The fourth-order valence-corrected chi connectivity index (χ4v) is 2.21. The van der Waals surface area contributed by atoms with Crippen LogP contribution in [0.3, 0.4) is 0 Å². The zero-order chi connectivity index (χ0) is 14.8. The third-order valence-electron chi connectivity index (χ3n) is 3.05. The second-order valence-electron chi connectivity index (χ2n) is 4.43. The molecule has 6 heteroatoms. The first-order valence-electron chi connectivity index (χ1n) is 6.29. The second-order valence-corrected chi connectivity index (χ2v) is 5.35. The van der Waals surface area contributed by atoms with Crippen molar-refractivity contribution in [3.05, 3.63) is 53.1 Å². The highest BCUT2D eigenvalue weighted by atomic mass is 79.9. The molecule has 3 rings (SSSR count). The van der Waals surface area contributed by atoms with Gasteiger partial charge in [0.2, 0.25) is 0 Å². The van der Waals surface area contributed by atoms with Crippen LogP contribution in [0, 0.1) is 0 Å². The molecule has 2 aromatic heterocycles. The summed E-state index contributed by atoms with van der Waals surface area (Å²) in [5, 5.41) is 4.51. The van der Waals surface area contributed by atoms with E-state index in [4.69, 9.17) is 10.5 Å². The van der Waals surface area contributed by atoms with Gasteiger partial charge in [-0.05, 0) is 52.3 Å². The molecule has 1 aromatic carbocycles. The van der Waals surface area contributed by atoms with Crippen molar-refractivity contribution in [1.82, 2.24) is 14.8 Å². The van der Waals surface area contributed by atoms with Crippen LogP contribution in [0.15, 0.2) is 53.1 Å². The summed E-state index contributed by atoms with van der Waals surface area (Å²) in [7, 11) is 1.64. The Balaban J connectivity index is 1.98. The van der Waals surface area contributed by atoms with Crippen LogP contribution >= 0.6 is 15.9 Å². The van der Waals surface area contributed by atoms with E-state index >= 15 is 0 Å². The molecule has 2 N–H and O–H groups in total. The minimum atomic E-state index is 0.538. The number of methoxy groups -OCH3 is 1. The summed E-state index contributed by atoms with van der Waals surface area (Å²) in [6, 6.07) is 13.2. The number of benzene rings is 1. The molecule has 3 aromatic rings. The van der Waals surface area contributed by atoms with Crippen LogP contribution in [0.1, 0.15) is 0 Å². The maximum atomic E-state index is 6.03. The zero-order valence-corrected chi connectivity index (χ0v) is 12.9. The molecule has 0 aliphatic heterocycles. The minimum Gasteiger partial charge on any atom is -0.497 e. The lowest BCUT2D eigenvalue weighted by atomic mass is 10.1. The molecule has 0 saturated heterocycles. The van der Waals surface area contributed by atoms with Crippen LogP contribution in [0.5, 0.6) is 5.75 Å². The smallest absolute Gasteiger partial charge is 0.155 e. The van der Waals surface area contributed by atoms with Crippen molar-refractivity contribution in [1.29, 1.82) is 0 Å². The van der Waals surface area contributed by atoms with E-state index in [2.05, 4.69) is 26.0 Å². The molecule has 106 valence electrons. The highest BCUT2D eigenvalue weighted by Crippen LogP contribution is 2.24. The summed E-state index contributed by atoms with van der Waals surface area (Å²) < 4.78 is 7.68. The molecule has 0 amide bonds. The lowest BCUT2D eigenvalue weighted by Gasteiger charge is -2.02. The Bertz CT molecular complexity index is 750. The van der Waals surface area contributed by atoms with Crippen LogP contribution in [-0.2, 0) is 0 Å². The summed E-state index contributed by atoms with van der Waals surface area (Å²) in [4.78, 5) is 4.30. The van der Waals surface area contributed by atoms with Gasteiger partial charge in [0, 0.05) is 22.3 Å². The molecule has 0 aliphatic carbocycles. The number of ether oxygens (including phenoxy) is 1. The maximum absolute atomic E-state index is 6.03. The van der Waals surface area contributed by atoms with Crippen LogP contribution in [0.2, 0.25) is 0 Å². The van der Waals surface area contributed by atoms with Crippen molar-refractivity contribution >= 4 is 21.7 Å². The Morgan fingerprint density at radius 3 is 2.52 bits per heavy atom. The number of pyridine rings is 1. The summed E-state index contributed by atoms with van der Waals surface area (Å²) >= 11 is 3.36. The van der Waals surface area contributed by atoms with Gasteiger partial charge in [0.25, 0.3) is 0 Å². The number of nitrogens with zero attached hydrogens (tertiary/aromatic N) is 3. The van der Waals surface area contributed by atoms with Gasteiger partial charge in [-0.1, -0.05) is 0 Å². The Hall–Kier alpha value is -2.34. The van der Waals surface area contributed by atoms with E-state index in [-0.39, 0.29) is 0 Å². The third-order valence-corrected chi connectivity index (χ3v) is 3.52. The first kappa shape index (κ1) is 13.6. The van der Waals surface area contributed by atoms with E-state index in [0.717, 1.165) is 21.5 Å². The van der Waals surface area contributed by atoms with E-state index in [0.29, 0.717) is 11.6 Å². The van der Waals surface area contributed by atoms with E-state index in [9.17, 15) is 0 Å². The van der Waals surface area contributed by atoms with Crippen LogP contribution in [-0.4, -0.2) is 21.9 Å². The van der Waals surface area contributed by atoms with Gasteiger partial charge < -0.3 is 10.5 Å². The van der Waals surface area contributed by atoms with Gasteiger partial charge in [0.15, 0.2) is 5.82 Å². The summed E-state index contributed by atoms with van der Waals surface area (Å²) in [5.41, 5.74) is 7.79. The van der Waals surface area contributed by atoms with E-state index in [1.165, 1.54) is 0 Å². The van der Waals surface area contributed by atoms with Crippen molar-refractivity contribution in [2.24, 2.45) is 0 Å². The van der Waals surface area contributed by atoms with E-state index in [1.54, 1.807) is 18.0 Å². The van der Waals surface area contributed by atoms with E-state index < -0.39 is 0 Å². The average Bonchev–Trinajstić information content (AvgIpc) is 2.90. The number of rotatable bonds is 3. The molecule has 0 unspecified atom stereocenters. The van der Waals surface area contributed by atoms with E-state index in [1.807, 2.05) is 42.5 Å². The average molecular weight is 345 g/mol. The van der Waals surface area contributed by atoms with Gasteiger partial charge in [-0.3, -0.25) is 0 Å². The van der Waals surface area contributed by atoms with Crippen LogP contribution in [0.25, 0.3) is 17.1 Å². The Labute approximate surface area is 130 Å². The molecular weight excluding hydrogens is 332 g/mol. The van der Waals surface area contributed by atoms with Crippen molar-refractivity contribution in [3.63, 3.8) is 0 Å². The molecule has 0 aliphatic rings. The van der Waals surface area contributed by atoms with Gasteiger partial charge >= 0.3 is 0 Å². The quantitative estimate of drug-likeness (QED) is 0.791. The van der Waals surface area contributed by atoms with Crippen LogP contribution < -0.4 is 10.5 Å². The maximum Gasteiger partial charge on any atom is 0.155 e. The predicted molar refractivity (Wildman–Crippen MR) is 85.5 cm³/mol. The van der Waals surface area contributed by atoms with Crippen molar-refractivity contribution in [3.8, 4) is 22.8 Å². The van der Waals surface area contributed by atoms with Gasteiger partial charge in [0.1, 0.15) is 11.6 Å². The number of aromatic nitrogens is 3. The number of hydrogen-bond acceptors (Lipinski definition) is 4. The highest BCUT2D eigenvalue weighted by Gasteiger charge is 2.09. The lowest BCUT2D eigenvalue weighted by molar-refractivity contribution is 0.415. The molecule has 0 atom stereocenters. The fraction of sp³-hybridized carbons (Fsp3) is 0.0667. The highest BCUT2D eigenvalue weighted by molar-refractivity contribution is 9.10. The number of nitrogens with two attached hydrogens (primary N) is 1. The first-order valence-corrected chi connectivity index (χ1v) is 7.08. The van der Waals surface area contributed by atoms with Crippen molar-refractivity contribution < 1.29 is 4.74 Å². The number of anilines is 1. The largest absolute Gasteiger partial charge is 0.497 e. The third kappa shape index (κ3) is 2.75. The lowest BCUT2D eigenvalue weighted by Crippen LogP contribution is -2.03. The van der Waals surface area contributed by atoms with Gasteiger partial charge in [0.05, 0.1) is 12.8 Å². The Morgan fingerprint density at radius 1 is 1.14 bits per heavy atom. The fourth-order valence-electron chi connectivity index (χ4n) is 1.98. The second kappa shape index (κ2) is 5.57. The summed E-state index contributed by atoms with van der Waals surface area (Å²) in [5.74, 6) is 2.02. The summed E-state index contributed by atoms with van der Waals surface area (Å²) in [6.45, 7) is 0. The Kier molecular flexibility index (Phi) is 3.62. The van der Waals surface area contributed by atoms with Gasteiger partial charge in [-0.15, -0.1) is 0 Å². The molecule has 21 heavy (non-hydrogen) atoms. The molecule has 5 nitrogen and oxygen atoms in total. The molecule has 2 heterocycles. The zero-order valence-electron chi connectivity index (χ0n) is 11.3. The monoisotopic (exact) mass is 344 g/mol. The molecule has 0 fully saturated rings. The van der Waals surface area contributed by atoms with Crippen molar-refractivity contribution in [2.75, 3.05) is 12.8 Å². The SMILES string of the molecule is COc1ccc(-c2cc(N)n(-c3ccc(Br)cn3)n2)cc1. The molecular formula is C15H13BrN4O. The normalized spacial score (nSPS) is 10.6. The topological polar surface area (TPSA) is 66.0 Å². The van der Waals surface area contributed by atoms with Crippen molar-refractivity contribution in [2.45, 2.75) is 0 Å². The molecule has 0 radical (unpaired) electrons. The summed E-state index contributed by atoms with van der Waals surface area (Å²) in [6.07, 6.45) is 1.71. The van der Waals surface area contributed by atoms with Crippen LogP contribution in [0.4, 0.5) is 5.82 Å². The number of halogens is 1. The Morgan fingerprint density at radius 2 is 1.90 bits per heavy atom. The standard InChI is InChI=1S/C15H13BrN4O/c1-21-12-5-2-10(3-6-12)13-8-14(17)20(19-13)15-7-4-11(16)9-18-15/h2-9H,17H2,1H3. The molecule has 0 bridgehead atoms. The predicted octanol–water partition coefficient (Wildman–Crippen LogP) is 3.29. The molecule has 0 spiro atoms. The van der Waals surface area contributed by atoms with Gasteiger partial charge in [-0.25, -0.2) is 4.98 Å². The number of nitrogen functional groups attached to an aromatic ring is 1. The number of hydrogen-bond donors (Lipinski definition) is 1.